The highest BCUT2D eigenvalue weighted by molar-refractivity contribution is 5.09. The number of alkyl halides is 2. The van der Waals surface area contributed by atoms with Crippen LogP contribution in [0.2, 0.25) is 0 Å². The molecule has 0 saturated carbocycles. The predicted octanol–water partition coefficient (Wildman–Crippen LogP) is 2.20. The molecule has 1 aromatic rings. The van der Waals surface area contributed by atoms with E-state index in [0.29, 0.717) is 0 Å². The maximum atomic E-state index is 11.8. The Morgan fingerprint density at radius 2 is 2.33 bits per heavy atom. The molecule has 1 N–H and O–H groups in total. The van der Waals surface area contributed by atoms with E-state index in [1.54, 1.807) is 12.3 Å². The Kier molecular flexibility index (Phi) is 3.22. The molecule has 0 saturated heterocycles. The van der Waals surface area contributed by atoms with Gasteiger partial charge in [-0.15, -0.1) is 0 Å². The van der Waals surface area contributed by atoms with E-state index in [4.69, 9.17) is 4.42 Å². The summed E-state index contributed by atoms with van der Waals surface area (Å²) >= 11 is 0. The third kappa shape index (κ3) is 2.62. The zero-order valence-electron chi connectivity index (χ0n) is 6.76. The van der Waals surface area contributed by atoms with Crippen molar-refractivity contribution in [3.05, 3.63) is 24.2 Å². The Morgan fingerprint density at radius 3 is 2.83 bits per heavy atom. The summed E-state index contributed by atoms with van der Waals surface area (Å²) in [5.41, 5.74) is 0.885. The molecule has 0 amide bonds. The molecule has 0 bridgehead atoms. The van der Waals surface area contributed by atoms with E-state index in [1.807, 2.05) is 6.92 Å². The summed E-state index contributed by atoms with van der Waals surface area (Å²) in [6.45, 7) is 1.53. The average molecular weight is 175 g/mol. The number of halogens is 2. The molecule has 0 aliphatic heterocycles. The topological polar surface area (TPSA) is 25.2 Å². The van der Waals surface area contributed by atoms with E-state index in [9.17, 15) is 8.78 Å². The molecule has 0 aromatic carbocycles. The third-order valence-corrected chi connectivity index (χ3v) is 1.62. The molecule has 1 aromatic heterocycles. The molecule has 0 aliphatic rings. The van der Waals surface area contributed by atoms with Crippen LogP contribution in [0.1, 0.15) is 18.5 Å². The van der Waals surface area contributed by atoms with Crippen LogP contribution < -0.4 is 5.32 Å². The molecule has 0 aliphatic carbocycles. The van der Waals surface area contributed by atoms with Gasteiger partial charge in [-0.3, -0.25) is 0 Å². The zero-order valence-corrected chi connectivity index (χ0v) is 6.76. The van der Waals surface area contributed by atoms with Crippen LogP contribution in [0.15, 0.2) is 23.0 Å². The molecule has 0 radical (unpaired) electrons. The highest BCUT2D eigenvalue weighted by atomic mass is 19.3. The van der Waals surface area contributed by atoms with Crippen molar-refractivity contribution >= 4 is 0 Å². The Balaban J connectivity index is 2.34. The first-order chi connectivity index (χ1) is 5.70. The molecule has 0 fully saturated rings. The quantitative estimate of drug-likeness (QED) is 0.758. The molecule has 0 spiro atoms. The first-order valence-electron chi connectivity index (χ1n) is 3.74. The summed E-state index contributed by atoms with van der Waals surface area (Å²) < 4.78 is 28.3. The fourth-order valence-electron chi connectivity index (χ4n) is 0.905. The van der Waals surface area contributed by atoms with Crippen molar-refractivity contribution in [3.8, 4) is 0 Å². The minimum Gasteiger partial charge on any atom is -0.472 e. The van der Waals surface area contributed by atoms with Gasteiger partial charge in [0.05, 0.1) is 19.1 Å². The molecule has 4 heteroatoms. The first-order valence-corrected chi connectivity index (χ1v) is 3.74. The smallest absolute Gasteiger partial charge is 0.250 e. The highest BCUT2D eigenvalue weighted by Gasteiger charge is 2.08. The second kappa shape index (κ2) is 4.21. The third-order valence-electron chi connectivity index (χ3n) is 1.62. The van der Waals surface area contributed by atoms with Crippen molar-refractivity contribution in [1.82, 2.24) is 5.32 Å². The van der Waals surface area contributed by atoms with Crippen LogP contribution in [0, 0.1) is 0 Å². The van der Waals surface area contributed by atoms with E-state index < -0.39 is 6.43 Å². The lowest BCUT2D eigenvalue weighted by molar-refractivity contribution is 0.142. The monoisotopic (exact) mass is 175 g/mol. The summed E-state index contributed by atoms with van der Waals surface area (Å²) in [7, 11) is 0. The Hall–Kier alpha value is -0.900. The molecular formula is C8H11F2NO. The fraction of sp³-hybridized carbons (Fsp3) is 0.500. The second-order valence-corrected chi connectivity index (χ2v) is 2.58. The minimum atomic E-state index is -2.31. The number of hydrogen-bond acceptors (Lipinski definition) is 2. The first kappa shape index (κ1) is 9.19. The number of nitrogens with one attached hydrogen (secondary N) is 1. The molecule has 1 unspecified atom stereocenters. The molecular weight excluding hydrogens is 164 g/mol. The molecule has 68 valence electrons. The standard InChI is InChI=1S/C8H11F2NO/c1-6(11-4-8(9)10)7-2-3-12-5-7/h2-3,5-6,8,11H,4H2,1H3. The van der Waals surface area contributed by atoms with Crippen LogP contribution in [-0.2, 0) is 0 Å². The molecule has 12 heavy (non-hydrogen) atoms. The van der Waals surface area contributed by atoms with Crippen molar-refractivity contribution in [1.29, 1.82) is 0 Å². The van der Waals surface area contributed by atoms with Gasteiger partial charge in [0.25, 0.3) is 6.43 Å². The summed E-state index contributed by atoms with van der Waals surface area (Å²) in [5, 5.41) is 2.67. The predicted molar refractivity (Wildman–Crippen MR) is 41.1 cm³/mol. The van der Waals surface area contributed by atoms with Crippen LogP contribution in [0.4, 0.5) is 8.78 Å². The van der Waals surface area contributed by atoms with E-state index in [-0.39, 0.29) is 12.6 Å². The maximum absolute atomic E-state index is 11.8. The van der Waals surface area contributed by atoms with E-state index in [0.717, 1.165) is 5.56 Å². The van der Waals surface area contributed by atoms with Crippen LogP contribution >= 0.6 is 0 Å². The van der Waals surface area contributed by atoms with Crippen molar-refractivity contribution in [2.24, 2.45) is 0 Å². The normalized spacial score (nSPS) is 13.7. The Morgan fingerprint density at radius 1 is 1.58 bits per heavy atom. The van der Waals surface area contributed by atoms with Gasteiger partial charge in [-0.2, -0.15) is 0 Å². The van der Waals surface area contributed by atoms with Gasteiger partial charge in [0.2, 0.25) is 0 Å². The number of furan rings is 1. The number of hydrogen-bond donors (Lipinski definition) is 1. The van der Waals surface area contributed by atoms with Crippen molar-refractivity contribution < 1.29 is 13.2 Å². The van der Waals surface area contributed by atoms with Gasteiger partial charge in [0, 0.05) is 11.6 Å². The number of rotatable bonds is 4. The van der Waals surface area contributed by atoms with Gasteiger partial charge in [0.15, 0.2) is 0 Å². The van der Waals surface area contributed by atoms with Crippen LogP contribution in [-0.4, -0.2) is 13.0 Å². The van der Waals surface area contributed by atoms with Crippen LogP contribution in [0.5, 0.6) is 0 Å². The average Bonchev–Trinajstić information content (AvgIpc) is 2.51. The lowest BCUT2D eigenvalue weighted by Gasteiger charge is -2.10. The van der Waals surface area contributed by atoms with Crippen LogP contribution in [0.25, 0.3) is 0 Å². The second-order valence-electron chi connectivity index (χ2n) is 2.58. The van der Waals surface area contributed by atoms with Gasteiger partial charge in [-0.1, -0.05) is 0 Å². The van der Waals surface area contributed by atoms with Gasteiger partial charge < -0.3 is 9.73 Å². The molecule has 1 atom stereocenters. The van der Waals surface area contributed by atoms with Gasteiger partial charge in [0.1, 0.15) is 0 Å². The fourth-order valence-corrected chi connectivity index (χ4v) is 0.905. The lowest BCUT2D eigenvalue weighted by Crippen LogP contribution is -2.24. The van der Waals surface area contributed by atoms with Gasteiger partial charge in [-0.25, -0.2) is 8.78 Å². The highest BCUT2D eigenvalue weighted by Crippen LogP contribution is 2.11. The summed E-state index contributed by atoms with van der Waals surface area (Å²) in [5.74, 6) is 0. The van der Waals surface area contributed by atoms with Crippen molar-refractivity contribution in [2.45, 2.75) is 19.4 Å². The van der Waals surface area contributed by atoms with Gasteiger partial charge in [-0.05, 0) is 13.0 Å². The molecule has 1 rings (SSSR count). The SMILES string of the molecule is CC(NCC(F)F)c1ccoc1. The largest absolute Gasteiger partial charge is 0.472 e. The van der Waals surface area contributed by atoms with Gasteiger partial charge >= 0.3 is 0 Å². The summed E-state index contributed by atoms with van der Waals surface area (Å²) in [4.78, 5) is 0. The summed E-state index contributed by atoms with van der Waals surface area (Å²) in [6, 6.07) is 1.67. The van der Waals surface area contributed by atoms with Crippen LogP contribution in [0.3, 0.4) is 0 Å². The molecule has 2 nitrogen and oxygen atoms in total. The summed E-state index contributed by atoms with van der Waals surface area (Å²) in [6.07, 6.45) is 0.762. The van der Waals surface area contributed by atoms with Crippen molar-refractivity contribution in [2.75, 3.05) is 6.54 Å². The maximum Gasteiger partial charge on any atom is 0.250 e. The Labute approximate surface area is 69.6 Å². The Bertz CT molecular complexity index is 211. The van der Waals surface area contributed by atoms with E-state index in [2.05, 4.69) is 5.32 Å². The van der Waals surface area contributed by atoms with E-state index >= 15 is 0 Å². The van der Waals surface area contributed by atoms with E-state index in [1.165, 1.54) is 6.26 Å². The lowest BCUT2D eigenvalue weighted by atomic mass is 10.2. The zero-order chi connectivity index (χ0) is 8.97. The van der Waals surface area contributed by atoms with Crippen molar-refractivity contribution in [3.63, 3.8) is 0 Å². The minimum absolute atomic E-state index is 0.0854. The molecule has 1 heterocycles.